The second-order valence-electron chi connectivity index (χ2n) is 6.20. The van der Waals surface area contributed by atoms with Gasteiger partial charge in [-0.2, -0.15) is 0 Å². The minimum Gasteiger partial charge on any atom is -0.348 e. The second kappa shape index (κ2) is 4.71. The van der Waals surface area contributed by atoms with Gasteiger partial charge in [0.25, 0.3) is 0 Å². The van der Waals surface area contributed by atoms with Crippen LogP contribution in [-0.4, -0.2) is 14.7 Å². The van der Waals surface area contributed by atoms with Crippen molar-refractivity contribution >= 4 is 10.8 Å². The van der Waals surface area contributed by atoms with Crippen molar-refractivity contribution in [2.24, 2.45) is 5.92 Å². The molecule has 0 amide bonds. The van der Waals surface area contributed by atoms with Gasteiger partial charge in [-0.25, -0.2) is 0 Å². The summed E-state index contributed by atoms with van der Waals surface area (Å²) in [7, 11) is -1.07. The molecule has 2 atom stereocenters. The fourth-order valence-electron chi connectivity index (χ4n) is 3.54. The van der Waals surface area contributed by atoms with Gasteiger partial charge in [-0.15, -0.1) is 0 Å². The van der Waals surface area contributed by atoms with E-state index in [4.69, 9.17) is 4.74 Å². The third kappa shape index (κ3) is 2.07. The summed E-state index contributed by atoms with van der Waals surface area (Å²) in [6, 6.07) is 9.79. The van der Waals surface area contributed by atoms with Crippen molar-refractivity contribution in [1.82, 2.24) is 0 Å². The molecule has 2 fully saturated rings. The smallest absolute Gasteiger partial charge is 0.179 e. The van der Waals surface area contributed by atoms with Crippen LogP contribution in [0.15, 0.2) is 35.2 Å². The molecule has 0 aromatic heterocycles. The van der Waals surface area contributed by atoms with Crippen LogP contribution >= 0.6 is 0 Å². The highest BCUT2D eigenvalue weighted by atomic mass is 32.2. The maximum absolute atomic E-state index is 13.0. The third-order valence-electron chi connectivity index (χ3n) is 4.58. The van der Waals surface area contributed by atoms with Crippen LogP contribution in [0.3, 0.4) is 0 Å². The van der Waals surface area contributed by atoms with E-state index in [1.165, 1.54) is 19.3 Å². The predicted molar refractivity (Wildman–Crippen MR) is 77.3 cm³/mol. The molecule has 3 heteroatoms. The van der Waals surface area contributed by atoms with E-state index in [0.717, 1.165) is 17.7 Å². The van der Waals surface area contributed by atoms with Crippen molar-refractivity contribution in [3.05, 3.63) is 30.3 Å². The standard InChI is InChI=1S/C16H22O2S/c1-15(2)16(18-15,13-9-5-3-6-10-13)19(17)14-11-7-4-8-12-14/h4,7-8,11-13H,3,5-6,9-10H2,1-2H3. The molecule has 2 nitrogen and oxygen atoms in total. The summed E-state index contributed by atoms with van der Waals surface area (Å²) in [5.74, 6) is 0.442. The molecule has 0 spiro atoms. The van der Waals surface area contributed by atoms with Gasteiger partial charge in [0.2, 0.25) is 0 Å². The Morgan fingerprint density at radius 2 is 1.68 bits per heavy atom. The molecule has 19 heavy (non-hydrogen) atoms. The van der Waals surface area contributed by atoms with Gasteiger partial charge >= 0.3 is 0 Å². The van der Waals surface area contributed by atoms with E-state index in [1.54, 1.807) is 0 Å². The molecular weight excluding hydrogens is 256 g/mol. The van der Waals surface area contributed by atoms with Crippen LogP contribution in [0.4, 0.5) is 0 Å². The van der Waals surface area contributed by atoms with E-state index in [2.05, 4.69) is 13.8 Å². The molecule has 2 unspecified atom stereocenters. The van der Waals surface area contributed by atoms with Gasteiger partial charge in [-0.3, -0.25) is 4.21 Å². The molecule has 1 saturated carbocycles. The van der Waals surface area contributed by atoms with Crippen LogP contribution in [0.5, 0.6) is 0 Å². The molecule has 0 bridgehead atoms. The van der Waals surface area contributed by atoms with E-state index < -0.39 is 15.7 Å². The molecule has 1 heterocycles. The molecule has 1 aromatic carbocycles. The Bertz CT molecular complexity index is 477. The van der Waals surface area contributed by atoms with Gasteiger partial charge in [0.15, 0.2) is 4.93 Å². The SMILES string of the molecule is CC1(C)OC1(C1CCCCC1)S(=O)c1ccccc1. The number of hydrogen-bond donors (Lipinski definition) is 0. The number of epoxide rings is 1. The largest absolute Gasteiger partial charge is 0.348 e. The second-order valence-corrected chi connectivity index (χ2v) is 7.81. The summed E-state index contributed by atoms with van der Waals surface area (Å²) in [4.78, 5) is 0.452. The molecule has 1 aliphatic carbocycles. The van der Waals surface area contributed by atoms with Gasteiger partial charge in [0.05, 0.1) is 10.8 Å². The van der Waals surface area contributed by atoms with E-state index in [9.17, 15) is 4.21 Å². The van der Waals surface area contributed by atoms with Crippen molar-refractivity contribution in [3.63, 3.8) is 0 Å². The van der Waals surface area contributed by atoms with Gasteiger partial charge in [0, 0.05) is 10.8 Å². The number of rotatable bonds is 3. The summed E-state index contributed by atoms with van der Waals surface area (Å²) < 4.78 is 19.1. The zero-order valence-corrected chi connectivity index (χ0v) is 12.5. The highest BCUT2D eigenvalue weighted by Gasteiger charge is 2.71. The Kier molecular flexibility index (Phi) is 3.30. The Labute approximate surface area is 118 Å². The Morgan fingerprint density at radius 3 is 2.21 bits per heavy atom. The summed E-state index contributed by atoms with van der Waals surface area (Å²) in [6.45, 7) is 4.17. The normalized spacial score (nSPS) is 31.9. The van der Waals surface area contributed by atoms with Crippen molar-refractivity contribution in [3.8, 4) is 0 Å². The quantitative estimate of drug-likeness (QED) is 0.785. The lowest BCUT2D eigenvalue weighted by molar-refractivity contribution is 0.231. The van der Waals surface area contributed by atoms with E-state index >= 15 is 0 Å². The lowest BCUT2D eigenvalue weighted by atomic mass is 9.83. The Morgan fingerprint density at radius 1 is 1.11 bits per heavy atom. The number of hydrogen-bond acceptors (Lipinski definition) is 2. The number of benzene rings is 1. The predicted octanol–water partition coefficient (Wildman–Crippen LogP) is 3.88. The lowest BCUT2D eigenvalue weighted by Crippen LogP contribution is -2.36. The Hall–Kier alpha value is -0.670. The molecule has 3 rings (SSSR count). The first kappa shape index (κ1) is 13.3. The molecule has 104 valence electrons. The summed E-state index contributed by atoms with van der Waals surface area (Å²) in [5.41, 5.74) is -0.254. The van der Waals surface area contributed by atoms with Crippen LogP contribution in [0, 0.1) is 5.92 Å². The van der Waals surface area contributed by atoms with Crippen LogP contribution in [-0.2, 0) is 15.5 Å². The maximum atomic E-state index is 13.0. The van der Waals surface area contributed by atoms with Gasteiger partial charge < -0.3 is 4.74 Å². The Balaban J connectivity index is 1.92. The summed E-state index contributed by atoms with van der Waals surface area (Å²) in [5, 5.41) is 0. The van der Waals surface area contributed by atoms with Crippen molar-refractivity contribution in [2.75, 3.05) is 0 Å². The van der Waals surface area contributed by atoms with E-state index in [0.29, 0.717) is 5.92 Å². The first-order chi connectivity index (χ1) is 9.08. The fourth-order valence-corrected chi connectivity index (χ4v) is 5.57. The average molecular weight is 278 g/mol. The molecule has 0 N–H and O–H groups in total. The molecule has 1 aromatic rings. The van der Waals surface area contributed by atoms with Gasteiger partial charge in [0.1, 0.15) is 5.60 Å². The summed E-state index contributed by atoms with van der Waals surface area (Å²) in [6.07, 6.45) is 6.12. The highest BCUT2D eigenvalue weighted by molar-refractivity contribution is 7.86. The van der Waals surface area contributed by atoms with Crippen LogP contribution in [0.25, 0.3) is 0 Å². The third-order valence-corrected chi connectivity index (χ3v) is 6.74. The minimum absolute atomic E-state index is 0.254. The average Bonchev–Trinajstić information content (AvgIpc) is 3.04. The first-order valence-electron chi connectivity index (χ1n) is 7.25. The van der Waals surface area contributed by atoms with Crippen LogP contribution in [0.2, 0.25) is 0 Å². The molecule has 1 saturated heterocycles. The monoisotopic (exact) mass is 278 g/mol. The van der Waals surface area contributed by atoms with Crippen molar-refractivity contribution in [1.29, 1.82) is 0 Å². The topological polar surface area (TPSA) is 29.6 Å². The zero-order valence-electron chi connectivity index (χ0n) is 11.7. The molecule has 2 aliphatic rings. The lowest BCUT2D eigenvalue weighted by Gasteiger charge is -2.29. The van der Waals surface area contributed by atoms with Gasteiger partial charge in [-0.1, -0.05) is 37.5 Å². The van der Waals surface area contributed by atoms with E-state index in [-0.39, 0.29) is 5.60 Å². The maximum Gasteiger partial charge on any atom is 0.179 e. The molecule has 0 radical (unpaired) electrons. The summed E-state index contributed by atoms with van der Waals surface area (Å²) >= 11 is 0. The molecular formula is C16H22O2S. The fraction of sp³-hybridized carbons (Fsp3) is 0.625. The molecule has 1 aliphatic heterocycles. The van der Waals surface area contributed by atoms with Gasteiger partial charge in [-0.05, 0) is 38.8 Å². The number of ether oxygens (including phenoxy) is 1. The van der Waals surface area contributed by atoms with Crippen LogP contribution in [0.1, 0.15) is 46.0 Å². The van der Waals surface area contributed by atoms with Crippen molar-refractivity contribution < 1.29 is 8.95 Å². The zero-order chi connectivity index (χ0) is 13.5. The van der Waals surface area contributed by atoms with Crippen LogP contribution < -0.4 is 0 Å². The highest BCUT2D eigenvalue weighted by Crippen LogP contribution is 2.59. The van der Waals surface area contributed by atoms with E-state index in [1.807, 2.05) is 30.3 Å². The first-order valence-corrected chi connectivity index (χ1v) is 8.40. The van der Waals surface area contributed by atoms with Crippen molar-refractivity contribution in [2.45, 2.75) is 61.4 Å². The minimum atomic E-state index is -1.07.